The zero-order valence-electron chi connectivity index (χ0n) is 15.4. The molecule has 0 fully saturated rings. The van der Waals surface area contributed by atoms with Crippen molar-refractivity contribution in [1.82, 2.24) is 5.32 Å². The molecule has 6 nitrogen and oxygen atoms in total. The second-order valence-corrected chi connectivity index (χ2v) is 5.97. The Hall–Kier alpha value is -3.29. The Kier molecular flexibility index (Phi) is 7.20. The van der Waals surface area contributed by atoms with Gasteiger partial charge in [-0.15, -0.1) is 0 Å². The molecule has 0 heterocycles. The monoisotopic (exact) mass is 390 g/mol. The van der Waals surface area contributed by atoms with E-state index in [2.05, 4.69) is 5.32 Å². The molecule has 2 aromatic carbocycles. The van der Waals surface area contributed by atoms with Gasteiger partial charge < -0.3 is 15.4 Å². The Morgan fingerprint density at radius 2 is 1.79 bits per heavy atom. The summed E-state index contributed by atoms with van der Waals surface area (Å²) in [5, 5.41) is 4.47. The molecule has 0 aliphatic carbocycles. The summed E-state index contributed by atoms with van der Waals surface area (Å²) in [6, 6.07) is 8.69. The van der Waals surface area contributed by atoms with Crippen LogP contribution in [0, 0.1) is 18.6 Å². The topological polar surface area (TPSA) is 84.5 Å². The number of esters is 1. The summed E-state index contributed by atoms with van der Waals surface area (Å²) in [7, 11) is 0. The van der Waals surface area contributed by atoms with Gasteiger partial charge in [0.15, 0.2) is 0 Å². The third kappa shape index (κ3) is 5.60. The molecule has 0 radical (unpaired) electrons. The second-order valence-electron chi connectivity index (χ2n) is 5.97. The van der Waals surface area contributed by atoms with Crippen molar-refractivity contribution < 1.29 is 27.9 Å². The Balaban J connectivity index is 2.16. The molecule has 0 unspecified atom stereocenters. The molecule has 0 aliphatic rings. The standard InChI is InChI=1S/C20H20F2N2O4/c1-3-28-18(25)11-16(14-7-5-4-6-12(14)2)23-19(26)20(27)24-17-10-13(21)8-9-15(17)22/h4-10,16H,3,11H2,1-2H3,(H,23,26)(H,24,27)/t16-/m0/s1. The average Bonchev–Trinajstić information content (AvgIpc) is 2.64. The highest BCUT2D eigenvalue weighted by molar-refractivity contribution is 6.39. The van der Waals surface area contributed by atoms with E-state index in [1.807, 2.05) is 5.32 Å². The summed E-state index contributed by atoms with van der Waals surface area (Å²) < 4.78 is 31.8. The summed E-state index contributed by atoms with van der Waals surface area (Å²) in [5.74, 6) is -4.48. The van der Waals surface area contributed by atoms with Crippen LogP contribution >= 0.6 is 0 Å². The zero-order chi connectivity index (χ0) is 20.7. The van der Waals surface area contributed by atoms with Crippen LogP contribution in [0.5, 0.6) is 0 Å². The van der Waals surface area contributed by atoms with Crippen molar-refractivity contribution in [3.05, 3.63) is 65.2 Å². The van der Waals surface area contributed by atoms with Crippen molar-refractivity contribution in [2.45, 2.75) is 26.3 Å². The Morgan fingerprint density at radius 1 is 1.07 bits per heavy atom. The van der Waals surface area contributed by atoms with Gasteiger partial charge in [0.1, 0.15) is 11.6 Å². The van der Waals surface area contributed by atoms with Gasteiger partial charge in [-0.05, 0) is 37.1 Å². The van der Waals surface area contributed by atoms with Crippen molar-refractivity contribution in [2.75, 3.05) is 11.9 Å². The lowest BCUT2D eigenvalue weighted by molar-refractivity contribution is -0.144. The first-order valence-corrected chi connectivity index (χ1v) is 8.59. The van der Waals surface area contributed by atoms with Crippen LogP contribution in [0.1, 0.15) is 30.5 Å². The molecule has 0 bridgehead atoms. The fourth-order valence-electron chi connectivity index (χ4n) is 2.60. The molecule has 0 aromatic heterocycles. The van der Waals surface area contributed by atoms with E-state index in [9.17, 15) is 23.2 Å². The highest BCUT2D eigenvalue weighted by Crippen LogP contribution is 2.21. The van der Waals surface area contributed by atoms with Crippen molar-refractivity contribution in [1.29, 1.82) is 0 Å². The molecule has 2 rings (SSSR count). The lowest BCUT2D eigenvalue weighted by atomic mass is 9.98. The second kappa shape index (κ2) is 9.59. The van der Waals surface area contributed by atoms with Crippen molar-refractivity contribution >= 4 is 23.5 Å². The minimum absolute atomic E-state index is 0.173. The number of hydrogen-bond donors (Lipinski definition) is 2. The zero-order valence-corrected chi connectivity index (χ0v) is 15.4. The number of carbonyl (C=O) groups is 3. The number of halogens is 2. The van der Waals surface area contributed by atoms with Crippen molar-refractivity contribution in [2.24, 2.45) is 0 Å². The van der Waals surface area contributed by atoms with Gasteiger partial charge in [-0.25, -0.2) is 8.78 Å². The number of benzene rings is 2. The van der Waals surface area contributed by atoms with E-state index in [-0.39, 0.29) is 13.0 Å². The van der Waals surface area contributed by atoms with Crippen LogP contribution in [0.3, 0.4) is 0 Å². The molecule has 28 heavy (non-hydrogen) atoms. The number of rotatable bonds is 6. The minimum atomic E-state index is -1.19. The quantitative estimate of drug-likeness (QED) is 0.587. The first-order chi connectivity index (χ1) is 13.3. The van der Waals surface area contributed by atoms with E-state index in [0.29, 0.717) is 5.56 Å². The fourth-order valence-corrected chi connectivity index (χ4v) is 2.60. The van der Waals surface area contributed by atoms with Crippen LogP contribution in [-0.4, -0.2) is 24.4 Å². The number of hydrogen-bond acceptors (Lipinski definition) is 4. The van der Waals surface area contributed by atoms with E-state index in [0.717, 1.165) is 23.8 Å². The number of amides is 2. The largest absolute Gasteiger partial charge is 0.466 e. The first-order valence-electron chi connectivity index (χ1n) is 8.59. The molecule has 148 valence electrons. The van der Waals surface area contributed by atoms with E-state index in [1.165, 1.54) is 0 Å². The van der Waals surface area contributed by atoms with Crippen molar-refractivity contribution in [3.63, 3.8) is 0 Å². The van der Waals surface area contributed by atoms with Gasteiger partial charge in [0.05, 0.1) is 24.8 Å². The molecule has 0 saturated heterocycles. The lowest BCUT2D eigenvalue weighted by Gasteiger charge is -2.20. The Morgan fingerprint density at radius 3 is 2.46 bits per heavy atom. The van der Waals surface area contributed by atoms with E-state index >= 15 is 0 Å². The van der Waals surface area contributed by atoms with Gasteiger partial charge in [0.2, 0.25) is 0 Å². The highest BCUT2D eigenvalue weighted by Gasteiger charge is 2.24. The SMILES string of the molecule is CCOC(=O)C[C@H](NC(=O)C(=O)Nc1cc(F)ccc1F)c1ccccc1C. The number of aryl methyl sites for hydroxylation is 1. The van der Waals surface area contributed by atoms with Gasteiger partial charge in [0.25, 0.3) is 0 Å². The predicted octanol–water partition coefficient (Wildman–Crippen LogP) is 3.02. The van der Waals surface area contributed by atoms with E-state index < -0.39 is 41.1 Å². The molecule has 2 amide bonds. The van der Waals surface area contributed by atoms with Gasteiger partial charge in [0, 0.05) is 6.07 Å². The number of nitrogens with one attached hydrogen (secondary N) is 2. The molecule has 8 heteroatoms. The summed E-state index contributed by atoms with van der Waals surface area (Å²) in [6.45, 7) is 3.62. The van der Waals surface area contributed by atoms with Gasteiger partial charge in [-0.3, -0.25) is 14.4 Å². The smallest absolute Gasteiger partial charge is 0.313 e. The maximum absolute atomic E-state index is 13.7. The normalized spacial score (nSPS) is 11.4. The molecule has 0 saturated carbocycles. The molecule has 1 atom stereocenters. The Labute approximate surface area is 160 Å². The number of carbonyl (C=O) groups excluding carboxylic acids is 3. The molecule has 2 aromatic rings. The summed E-state index contributed by atoms with van der Waals surface area (Å²) in [5.41, 5.74) is 0.973. The highest BCUT2D eigenvalue weighted by atomic mass is 19.1. The maximum atomic E-state index is 13.7. The third-order valence-electron chi connectivity index (χ3n) is 3.93. The third-order valence-corrected chi connectivity index (χ3v) is 3.93. The van der Waals surface area contributed by atoms with Crippen LogP contribution in [0.2, 0.25) is 0 Å². The van der Waals surface area contributed by atoms with E-state index in [1.54, 1.807) is 38.1 Å². The predicted molar refractivity (Wildman–Crippen MR) is 98.3 cm³/mol. The van der Waals surface area contributed by atoms with Gasteiger partial charge in [-0.2, -0.15) is 0 Å². The number of anilines is 1. The average molecular weight is 390 g/mol. The van der Waals surface area contributed by atoms with Crippen LogP contribution in [0.25, 0.3) is 0 Å². The molecular weight excluding hydrogens is 370 g/mol. The molecule has 0 aliphatic heterocycles. The van der Waals surface area contributed by atoms with Crippen LogP contribution in [0.15, 0.2) is 42.5 Å². The van der Waals surface area contributed by atoms with Crippen molar-refractivity contribution in [3.8, 4) is 0 Å². The molecule has 0 spiro atoms. The first kappa shape index (κ1) is 21.0. The summed E-state index contributed by atoms with van der Waals surface area (Å²) >= 11 is 0. The lowest BCUT2D eigenvalue weighted by Crippen LogP contribution is -2.39. The van der Waals surface area contributed by atoms with Gasteiger partial charge in [-0.1, -0.05) is 24.3 Å². The van der Waals surface area contributed by atoms with E-state index in [4.69, 9.17) is 4.74 Å². The molecular formula is C20H20F2N2O4. The number of ether oxygens (including phenoxy) is 1. The van der Waals surface area contributed by atoms with Crippen LogP contribution in [-0.2, 0) is 19.1 Å². The maximum Gasteiger partial charge on any atom is 0.313 e. The fraction of sp³-hybridized carbons (Fsp3) is 0.250. The minimum Gasteiger partial charge on any atom is -0.466 e. The van der Waals surface area contributed by atoms with Gasteiger partial charge >= 0.3 is 17.8 Å². The summed E-state index contributed by atoms with van der Waals surface area (Å²) in [4.78, 5) is 36.3. The van der Waals surface area contributed by atoms with Crippen LogP contribution < -0.4 is 10.6 Å². The van der Waals surface area contributed by atoms with Crippen LogP contribution in [0.4, 0.5) is 14.5 Å². The Bertz CT molecular complexity index is 886. The molecule has 2 N–H and O–H groups in total. The summed E-state index contributed by atoms with van der Waals surface area (Å²) in [6.07, 6.45) is -0.188.